The van der Waals surface area contributed by atoms with E-state index >= 15 is 0 Å². The molecule has 0 radical (unpaired) electrons. The fourth-order valence-corrected chi connectivity index (χ4v) is 3.07. The van der Waals surface area contributed by atoms with Crippen molar-refractivity contribution in [2.45, 2.75) is 6.42 Å². The van der Waals surface area contributed by atoms with Crippen LogP contribution < -0.4 is 5.32 Å². The second-order valence-electron chi connectivity index (χ2n) is 5.97. The third-order valence-electron chi connectivity index (χ3n) is 4.15. The molecule has 4 rings (SSSR count). The second-order valence-corrected chi connectivity index (χ2v) is 6.79. The molecule has 5 nitrogen and oxygen atoms in total. The molecule has 0 aliphatic heterocycles. The van der Waals surface area contributed by atoms with Gasteiger partial charge in [0.25, 0.3) is 5.91 Å². The van der Waals surface area contributed by atoms with Gasteiger partial charge in [-0.15, -0.1) is 0 Å². The molecule has 7 heteroatoms. The van der Waals surface area contributed by atoms with Crippen LogP contribution in [0.2, 0.25) is 10.0 Å². The highest BCUT2D eigenvalue weighted by Gasteiger charge is 2.09. The number of hydrogen-bond acceptors (Lipinski definition) is 3. The van der Waals surface area contributed by atoms with E-state index in [-0.39, 0.29) is 5.91 Å². The molecule has 2 aromatic carbocycles. The quantitative estimate of drug-likeness (QED) is 0.534. The van der Waals surface area contributed by atoms with Crippen LogP contribution in [-0.4, -0.2) is 20.3 Å². The summed E-state index contributed by atoms with van der Waals surface area (Å²) < 4.78 is 1.96. The van der Waals surface area contributed by atoms with Crippen LogP contribution in [0.25, 0.3) is 5.65 Å². The van der Waals surface area contributed by atoms with Crippen LogP contribution in [0.15, 0.2) is 67.1 Å². The fourth-order valence-electron chi connectivity index (χ4n) is 2.77. The lowest BCUT2D eigenvalue weighted by Gasteiger charge is -2.08. The van der Waals surface area contributed by atoms with Gasteiger partial charge in [-0.05, 0) is 42.0 Å². The Morgan fingerprint density at radius 1 is 0.963 bits per heavy atom. The zero-order chi connectivity index (χ0) is 18.8. The number of nitrogens with one attached hydrogen (secondary N) is 1. The van der Waals surface area contributed by atoms with Crippen molar-refractivity contribution < 1.29 is 4.79 Å². The third kappa shape index (κ3) is 3.79. The van der Waals surface area contributed by atoms with Crippen LogP contribution in [0.5, 0.6) is 0 Å². The monoisotopic (exact) mass is 396 g/mol. The molecule has 2 aromatic heterocycles. The maximum atomic E-state index is 12.3. The van der Waals surface area contributed by atoms with Crippen molar-refractivity contribution in [3.63, 3.8) is 0 Å². The number of rotatable bonds is 4. The summed E-state index contributed by atoms with van der Waals surface area (Å²) in [6.07, 6.45) is 6.06. The number of fused-ring (bicyclic) bond motifs is 1. The molecular weight excluding hydrogens is 383 g/mol. The number of nitrogens with zero attached hydrogens (tertiary/aromatic N) is 3. The van der Waals surface area contributed by atoms with Gasteiger partial charge in [0.05, 0.1) is 10.0 Å². The number of anilines is 1. The summed E-state index contributed by atoms with van der Waals surface area (Å²) in [7, 11) is 0. The lowest BCUT2D eigenvalue weighted by Crippen LogP contribution is -2.11. The molecule has 0 atom stereocenters. The molecule has 0 aliphatic carbocycles. The van der Waals surface area contributed by atoms with Crippen molar-refractivity contribution in [1.29, 1.82) is 0 Å². The van der Waals surface area contributed by atoms with E-state index in [1.807, 2.05) is 40.9 Å². The Hall–Kier alpha value is -2.89. The Morgan fingerprint density at radius 3 is 2.56 bits per heavy atom. The highest BCUT2D eigenvalue weighted by molar-refractivity contribution is 6.42. The van der Waals surface area contributed by atoms with E-state index in [9.17, 15) is 4.79 Å². The van der Waals surface area contributed by atoms with E-state index in [0.29, 0.717) is 27.7 Å². The maximum Gasteiger partial charge on any atom is 0.255 e. The molecule has 0 spiro atoms. The van der Waals surface area contributed by atoms with E-state index in [4.69, 9.17) is 23.2 Å². The molecule has 4 aromatic rings. The molecule has 0 aliphatic rings. The highest BCUT2D eigenvalue weighted by atomic mass is 35.5. The number of benzene rings is 2. The van der Waals surface area contributed by atoms with E-state index in [1.54, 1.807) is 30.6 Å². The van der Waals surface area contributed by atoms with E-state index in [2.05, 4.69) is 15.3 Å². The standard InChI is InChI=1S/C20H14Cl2N4O/c21-16-6-3-14(12-17(16)22)20(27)25-15-4-1-13(2-5-15)11-19-23-8-7-18-24-9-10-26(18)19/h1-10,12H,11H2,(H,25,27). The summed E-state index contributed by atoms with van der Waals surface area (Å²) in [5.74, 6) is 0.656. The number of hydrogen-bond donors (Lipinski definition) is 1. The van der Waals surface area contributed by atoms with Crippen LogP contribution in [0.3, 0.4) is 0 Å². The van der Waals surface area contributed by atoms with Crippen molar-refractivity contribution in [3.05, 3.63) is 94.1 Å². The Balaban J connectivity index is 1.48. The van der Waals surface area contributed by atoms with Crippen molar-refractivity contribution in [3.8, 4) is 0 Å². The smallest absolute Gasteiger partial charge is 0.255 e. The Morgan fingerprint density at radius 2 is 1.78 bits per heavy atom. The number of carbonyl (C=O) groups excluding carboxylic acids is 1. The topological polar surface area (TPSA) is 59.3 Å². The predicted octanol–water partition coefficient (Wildman–Crippen LogP) is 4.88. The number of carbonyl (C=O) groups is 1. The summed E-state index contributed by atoms with van der Waals surface area (Å²) in [5, 5.41) is 3.61. The first-order valence-electron chi connectivity index (χ1n) is 8.22. The zero-order valence-corrected chi connectivity index (χ0v) is 15.6. The van der Waals surface area contributed by atoms with Crippen LogP contribution >= 0.6 is 23.2 Å². The van der Waals surface area contributed by atoms with Crippen LogP contribution in [0.1, 0.15) is 21.7 Å². The Labute approximate surface area is 165 Å². The fraction of sp³-hybridized carbons (Fsp3) is 0.0500. The normalized spacial score (nSPS) is 10.9. The average Bonchev–Trinajstić information content (AvgIpc) is 3.15. The summed E-state index contributed by atoms with van der Waals surface area (Å²) in [6.45, 7) is 0. The van der Waals surface area contributed by atoms with Gasteiger partial charge in [-0.25, -0.2) is 9.97 Å². The van der Waals surface area contributed by atoms with Gasteiger partial charge < -0.3 is 5.32 Å². The number of amides is 1. The van der Waals surface area contributed by atoms with Crippen molar-refractivity contribution in [1.82, 2.24) is 14.4 Å². The minimum atomic E-state index is -0.244. The van der Waals surface area contributed by atoms with E-state index in [1.165, 1.54) is 0 Å². The first-order valence-corrected chi connectivity index (χ1v) is 8.98. The summed E-state index contributed by atoms with van der Waals surface area (Å²) in [6, 6.07) is 14.3. The Kier molecular flexibility index (Phi) is 4.79. The molecule has 27 heavy (non-hydrogen) atoms. The molecule has 0 fully saturated rings. The summed E-state index contributed by atoms with van der Waals surface area (Å²) in [5.41, 5.74) is 3.09. The summed E-state index contributed by atoms with van der Waals surface area (Å²) in [4.78, 5) is 21.0. The second kappa shape index (κ2) is 7.39. The van der Waals surface area contributed by atoms with E-state index in [0.717, 1.165) is 17.0 Å². The molecule has 1 N–H and O–H groups in total. The average molecular weight is 397 g/mol. The number of halogens is 2. The van der Waals surface area contributed by atoms with Crippen molar-refractivity contribution in [2.24, 2.45) is 0 Å². The molecule has 0 saturated heterocycles. The lowest BCUT2D eigenvalue weighted by atomic mass is 10.1. The summed E-state index contributed by atoms with van der Waals surface area (Å²) >= 11 is 11.9. The zero-order valence-electron chi connectivity index (χ0n) is 14.1. The van der Waals surface area contributed by atoms with Gasteiger partial charge in [-0.1, -0.05) is 35.3 Å². The first kappa shape index (κ1) is 17.5. The van der Waals surface area contributed by atoms with Gasteiger partial charge >= 0.3 is 0 Å². The van der Waals surface area contributed by atoms with Crippen molar-refractivity contribution in [2.75, 3.05) is 5.32 Å². The molecule has 1 amide bonds. The molecule has 0 unspecified atom stereocenters. The maximum absolute atomic E-state index is 12.3. The van der Waals surface area contributed by atoms with Crippen LogP contribution in [-0.2, 0) is 6.42 Å². The molecular formula is C20H14Cl2N4O. The minimum absolute atomic E-state index is 0.244. The van der Waals surface area contributed by atoms with Gasteiger partial charge in [0.15, 0.2) is 0 Å². The highest BCUT2D eigenvalue weighted by Crippen LogP contribution is 2.23. The predicted molar refractivity (Wildman–Crippen MR) is 107 cm³/mol. The van der Waals surface area contributed by atoms with Crippen LogP contribution in [0.4, 0.5) is 5.69 Å². The molecule has 0 bridgehead atoms. The SMILES string of the molecule is O=C(Nc1ccc(Cc2nccc3nccn23)cc1)c1ccc(Cl)c(Cl)c1. The largest absolute Gasteiger partial charge is 0.322 e. The first-order chi connectivity index (χ1) is 13.1. The van der Waals surface area contributed by atoms with Gasteiger partial charge in [-0.2, -0.15) is 0 Å². The molecule has 0 saturated carbocycles. The lowest BCUT2D eigenvalue weighted by molar-refractivity contribution is 0.102. The van der Waals surface area contributed by atoms with Gasteiger partial charge in [0, 0.05) is 36.3 Å². The van der Waals surface area contributed by atoms with Gasteiger partial charge in [0.2, 0.25) is 0 Å². The van der Waals surface area contributed by atoms with Crippen LogP contribution in [0, 0.1) is 0 Å². The Bertz CT molecular complexity index is 1120. The third-order valence-corrected chi connectivity index (χ3v) is 4.89. The van der Waals surface area contributed by atoms with Crippen molar-refractivity contribution >= 4 is 40.4 Å². The molecule has 134 valence electrons. The number of aromatic nitrogens is 3. The minimum Gasteiger partial charge on any atom is -0.322 e. The molecule has 2 heterocycles. The van der Waals surface area contributed by atoms with E-state index < -0.39 is 0 Å². The number of imidazole rings is 1. The van der Waals surface area contributed by atoms with Gasteiger partial charge in [-0.3, -0.25) is 9.20 Å². The van der Waals surface area contributed by atoms with Gasteiger partial charge in [0.1, 0.15) is 11.5 Å².